The molecule has 0 saturated heterocycles. The van der Waals surface area contributed by atoms with E-state index in [-0.39, 0.29) is 11.7 Å². The van der Waals surface area contributed by atoms with E-state index in [1.165, 1.54) is 23.1 Å². The van der Waals surface area contributed by atoms with Gasteiger partial charge in [-0.2, -0.15) is 0 Å². The number of nitrogens with zero attached hydrogens (tertiary/aromatic N) is 4. The number of aryl methyl sites for hydroxylation is 1. The molecule has 0 atom stereocenters. The van der Waals surface area contributed by atoms with E-state index in [4.69, 9.17) is 23.2 Å². The van der Waals surface area contributed by atoms with Crippen molar-refractivity contribution in [3.05, 3.63) is 105 Å². The monoisotopic (exact) mass is 565 g/mol. The molecule has 2 aromatic heterocycles. The fraction of sp³-hybridized carbons (Fsp3) is 0.111. The van der Waals surface area contributed by atoms with Crippen LogP contribution in [0.15, 0.2) is 84.1 Å². The zero-order chi connectivity index (χ0) is 25.8. The second-order valence-corrected chi connectivity index (χ2v) is 11.1. The first-order chi connectivity index (χ1) is 18.0. The van der Waals surface area contributed by atoms with Crippen LogP contribution in [-0.2, 0) is 11.2 Å². The predicted octanol–water partition coefficient (Wildman–Crippen LogP) is 7.33. The van der Waals surface area contributed by atoms with Crippen molar-refractivity contribution in [1.82, 2.24) is 19.7 Å². The number of amides is 1. The van der Waals surface area contributed by atoms with E-state index in [1.54, 1.807) is 12.3 Å². The Bertz CT molecular complexity index is 1530. The number of nitrogens with one attached hydrogen (secondary N) is 1. The van der Waals surface area contributed by atoms with Crippen LogP contribution in [0.5, 0.6) is 0 Å². The number of aromatic nitrogens is 4. The molecule has 0 aliphatic carbocycles. The highest BCUT2D eigenvalue weighted by molar-refractivity contribution is 7.99. The van der Waals surface area contributed by atoms with Crippen LogP contribution in [-0.4, -0.2) is 31.4 Å². The molecule has 10 heteroatoms. The molecule has 5 aromatic rings. The topological polar surface area (TPSA) is 72.7 Å². The average Bonchev–Trinajstić information content (AvgIpc) is 3.49. The third kappa shape index (κ3) is 6.22. The van der Waals surface area contributed by atoms with Gasteiger partial charge in [0.05, 0.1) is 11.4 Å². The van der Waals surface area contributed by atoms with Gasteiger partial charge in [-0.05, 0) is 42.3 Å². The molecule has 0 unspecified atom stereocenters. The smallest absolute Gasteiger partial charge is 0.236 e. The number of para-hydroxylation sites is 1. The highest BCUT2D eigenvalue weighted by atomic mass is 35.5. The lowest BCUT2D eigenvalue weighted by molar-refractivity contribution is -0.113. The van der Waals surface area contributed by atoms with Gasteiger partial charge >= 0.3 is 0 Å². The van der Waals surface area contributed by atoms with E-state index in [1.807, 2.05) is 78.2 Å². The number of rotatable bonds is 8. The van der Waals surface area contributed by atoms with Crippen molar-refractivity contribution in [2.45, 2.75) is 18.5 Å². The predicted molar refractivity (Wildman–Crippen MR) is 152 cm³/mol. The summed E-state index contributed by atoms with van der Waals surface area (Å²) in [5, 5.41) is 14.1. The molecule has 3 aromatic carbocycles. The lowest BCUT2D eigenvalue weighted by Crippen LogP contribution is -2.14. The Kier molecular flexibility index (Phi) is 7.90. The molecule has 0 saturated carbocycles. The largest absolute Gasteiger partial charge is 0.301 e. The molecule has 0 bridgehead atoms. The molecule has 0 radical (unpaired) electrons. The average molecular weight is 567 g/mol. The van der Waals surface area contributed by atoms with E-state index >= 15 is 0 Å². The standard InChI is InChI=1S/C27H21Cl2N5OS2/c1-17-7-5-6-10-23(17)34-25(19-8-3-2-4-9-19)32-33-27(34)36-16-24(35)31-26-30-15-22(37-26)13-18-11-20(28)14-21(29)12-18/h2-12,14-15H,13,16H2,1H3,(H,30,31,35). The SMILES string of the molecule is Cc1ccccc1-n1c(SCC(=O)Nc2ncc(Cc3cc(Cl)cc(Cl)c3)s2)nnc1-c1ccccc1. The molecule has 0 spiro atoms. The maximum atomic E-state index is 12.8. The van der Waals surface area contributed by atoms with Crippen LogP contribution < -0.4 is 5.32 Å². The first kappa shape index (κ1) is 25.5. The Morgan fingerprint density at radius 2 is 1.73 bits per heavy atom. The molecule has 1 N–H and O–H groups in total. The quantitative estimate of drug-likeness (QED) is 0.199. The summed E-state index contributed by atoms with van der Waals surface area (Å²) in [6.45, 7) is 2.04. The van der Waals surface area contributed by atoms with Crippen LogP contribution in [0.4, 0.5) is 5.13 Å². The van der Waals surface area contributed by atoms with Crippen molar-refractivity contribution in [3.63, 3.8) is 0 Å². The van der Waals surface area contributed by atoms with E-state index in [0.29, 0.717) is 26.8 Å². The zero-order valence-electron chi connectivity index (χ0n) is 19.7. The van der Waals surface area contributed by atoms with E-state index < -0.39 is 0 Å². The van der Waals surface area contributed by atoms with Crippen molar-refractivity contribution in [2.75, 3.05) is 11.1 Å². The Hall–Kier alpha value is -3.17. The third-order valence-corrected chi connectivity index (χ3v) is 7.73. The minimum Gasteiger partial charge on any atom is -0.301 e. The van der Waals surface area contributed by atoms with Crippen LogP contribution in [0.3, 0.4) is 0 Å². The molecule has 0 aliphatic rings. The summed E-state index contributed by atoms with van der Waals surface area (Å²) in [6.07, 6.45) is 2.38. The van der Waals surface area contributed by atoms with Crippen molar-refractivity contribution < 1.29 is 4.79 Å². The third-order valence-electron chi connectivity index (χ3n) is 5.45. The first-order valence-electron chi connectivity index (χ1n) is 11.4. The number of thioether (sulfide) groups is 1. The molecule has 0 aliphatic heterocycles. The zero-order valence-corrected chi connectivity index (χ0v) is 22.8. The van der Waals surface area contributed by atoms with Gasteiger partial charge in [-0.3, -0.25) is 9.36 Å². The van der Waals surface area contributed by atoms with Crippen molar-refractivity contribution >= 4 is 57.3 Å². The van der Waals surface area contributed by atoms with Gasteiger partial charge in [-0.1, -0.05) is 83.5 Å². The Balaban J connectivity index is 1.29. The van der Waals surface area contributed by atoms with Crippen molar-refractivity contribution in [2.24, 2.45) is 0 Å². The summed E-state index contributed by atoms with van der Waals surface area (Å²) in [5.41, 5.74) is 3.99. The highest BCUT2D eigenvalue weighted by Gasteiger charge is 2.18. The van der Waals surface area contributed by atoms with Gasteiger partial charge in [0, 0.05) is 33.1 Å². The summed E-state index contributed by atoms with van der Waals surface area (Å²) in [4.78, 5) is 18.1. The van der Waals surface area contributed by atoms with Gasteiger partial charge in [-0.25, -0.2) is 4.98 Å². The van der Waals surface area contributed by atoms with Gasteiger partial charge in [-0.15, -0.1) is 21.5 Å². The number of carbonyl (C=O) groups excluding carboxylic acids is 1. The van der Waals surface area contributed by atoms with E-state index in [2.05, 4.69) is 20.5 Å². The van der Waals surface area contributed by atoms with E-state index in [0.717, 1.165) is 33.1 Å². The molecule has 1 amide bonds. The fourth-order valence-electron chi connectivity index (χ4n) is 3.82. The number of anilines is 1. The molecule has 186 valence electrons. The Morgan fingerprint density at radius 1 is 1.00 bits per heavy atom. The maximum absolute atomic E-state index is 12.8. The summed E-state index contributed by atoms with van der Waals surface area (Å²) in [7, 11) is 0. The number of thiazole rings is 1. The maximum Gasteiger partial charge on any atom is 0.236 e. The number of hydrogen-bond donors (Lipinski definition) is 1. The number of carbonyl (C=O) groups is 1. The van der Waals surface area contributed by atoms with Crippen LogP contribution in [0.1, 0.15) is 16.0 Å². The van der Waals surface area contributed by atoms with Crippen LogP contribution >= 0.6 is 46.3 Å². The lowest BCUT2D eigenvalue weighted by Gasteiger charge is -2.12. The second kappa shape index (κ2) is 11.5. The molecule has 6 nitrogen and oxygen atoms in total. The minimum atomic E-state index is -0.169. The second-order valence-electron chi connectivity index (χ2n) is 8.22. The molecule has 37 heavy (non-hydrogen) atoms. The molecule has 5 rings (SSSR count). The van der Waals surface area contributed by atoms with Gasteiger partial charge in [0.2, 0.25) is 5.91 Å². The summed E-state index contributed by atoms with van der Waals surface area (Å²) >= 11 is 15.0. The van der Waals surface area contributed by atoms with Gasteiger partial charge in [0.25, 0.3) is 0 Å². The van der Waals surface area contributed by atoms with Gasteiger partial charge in [0.15, 0.2) is 16.1 Å². The summed E-state index contributed by atoms with van der Waals surface area (Å²) < 4.78 is 2.00. The van der Waals surface area contributed by atoms with Gasteiger partial charge in [0.1, 0.15) is 0 Å². The Labute approximate surface area is 232 Å². The van der Waals surface area contributed by atoms with Crippen molar-refractivity contribution in [1.29, 1.82) is 0 Å². The molecular formula is C27H21Cl2N5OS2. The molecule has 2 heterocycles. The van der Waals surface area contributed by atoms with Crippen LogP contribution in [0, 0.1) is 6.92 Å². The number of halogens is 2. The number of benzene rings is 3. The number of hydrogen-bond acceptors (Lipinski definition) is 6. The highest BCUT2D eigenvalue weighted by Crippen LogP contribution is 2.30. The first-order valence-corrected chi connectivity index (χ1v) is 13.9. The van der Waals surface area contributed by atoms with Gasteiger partial charge < -0.3 is 5.32 Å². The summed E-state index contributed by atoms with van der Waals surface area (Å²) in [6, 6.07) is 23.4. The summed E-state index contributed by atoms with van der Waals surface area (Å²) in [5.74, 6) is 0.721. The molecular weight excluding hydrogens is 545 g/mol. The lowest BCUT2D eigenvalue weighted by atomic mass is 10.1. The normalized spacial score (nSPS) is 11.0. The fourth-order valence-corrected chi connectivity index (χ4v) is 5.99. The Morgan fingerprint density at radius 3 is 2.49 bits per heavy atom. The molecule has 0 fully saturated rings. The van der Waals surface area contributed by atoms with E-state index in [9.17, 15) is 4.79 Å². The van der Waals surface area contributed by atoms with Crippen LogP contribution in [0.2, 0.25) is 10.0 Å². The van der Waals surface area contributed by atoms with Crippen molar-refractivity contribution in [3.8, 4) is 17.1 Å². The van der Waals surface area contributed by atoms with Crippen LogP contribution in [0.25, 0.3) is 17.1 Å². The minimum absolute atomic E-state index is 0.164.